The summed E-state index contributed by atoms with van der Waals surface area (Å²) in [5, 5.41) is 0. The lowest BCUT2D eigenvalue weighted by Crippen LogP contribution is -2.09. The number of halogens is 1. The van der Waals surface area contributed by atoms with E-state index in [1.165, 1.54) is 5.56 Å². The van der Waals surface area contributed by atoms with Crippen molar-refractivity contribution in [3.63, 3.8) is 0 Å². The molecule has 0 bridgehead atoms. The molecule has 0 spiro atoms. The summed E-state index contributed by atoms with van der Waals surface area (Å²) in [6.07, 6.45) is 2.74. The van der Waals surface area contributed by atoms with Crippen molar-refractivity contribution >= 4 is 0 Å². The van der Waals surface area contributed by atoms with E-state index in [9.17, 15) is 4.39 Å². The molecule has 0 radical (unpaired) electrons. The van der Waals surface area contributed by atoms with E-state index in [0.717, 1.165) is 6.42 Å². The van der Waals surface area contributed by atoms with Crippen molar-refractivity contribution in [3.8, 4) is 0 Å². The molecule has 2 heteroatoms. The lowest BCUT2D eigenvalue weighted by Gasteiger charge is -2.17. The highest BCUT2D eigenvalue weighted by Gasteiger charge is 2.11. The molecule has 72 valence electrons. The molecule has 0 aromatic carbocycles. The quantitative estimate of drug-likeness (QED) is 0.683. The number of hydrogen-bond acceptors (Lipinski definition) is 1. The van der Waals surface area contributed by atoms with Gasteiger partial charge < -0.3 is 0 Å². The second-order valence-electron chi connectivity index (χ2n) is 4.53. The monoisotopic (exact) mass is 181 g/mol. The van der Waals surface area contributed by atoms with Crippen LogP contribution in [0.3, 0.4) is 0 Å². The Morgan fingerprint density at radius 1 is 1.31 bits per heavy atom. The van der Waals surface area contributed by atoms with Crippen LogP contribution in [0.2, 0.25) is 0 Å². The molecule has 13 heavy (non-hydrogen) atoms. The van der Waals surface area contributed by atoms with Gasteiger partial charge in [0, 0.05) is 6.20 Å². The van der Waals surface area contributed by atoms with Crippen LogP contribution in [0.5, 0.6) is 0 Å². The minimum atomic E-state index is -0.476. The number of pyridine rings is 1. The maximum Gasteiger partial charge on any atom is 0.131 e. The normalized spacial score (nSPS) is 11.7. The molecule has 0 unspecified atom stereocenters. The maximum atomic E-state index is 12.1. The summed E-state index contributed by atoms with van der Waals surface area (Å²) in [6, 6.07) is 3.70. The first kappa shape index (κ1) is 10.2. The summed E-state index contributed by atoms with van der Waals surface area (Å²) in [4.78, 5) is 4.01. The second kappa shape index (κ2) is 3.86. The van der Waals surface area contributed by atoms with E-state index in [1.807, 2.05) is 6.07 Å². The summed E-state index contributed by atoms with van der Waals surface area (Å²) < 4.78 is 12.1. The molecular formula is C11H16FN. The van der Waals surface area contributed by atoms with E-state index in [4.69, 9.17) is 0 Å². The van der Waals surface area contributed by atoms with Crippen molar-refractivity contribution in [1.82, 2.24) is 4.98 Å². The average molecular weight is 181 g/mol. The third-order valence-corrected chi connectivity index (χ3v) is 1.76. The molecule has 0 N–H and O–H groups in total. The van der Waals surface area contributed by atoms with Gasteiger partial charge in [0.15, 0.2) is 0 Å². The smallest absolute Gasteiger partial charge is 0.131 e. The highest BCUT2D eigenvalue weighted by Crippen LogP contribution is 2.19. The van der Waals surface area contributed by atoms with Gasteiger partial charge in [0.05, 0.1) is 5.69 Å². The van der Waals surface area contributed by atoms with Crippen LogP contribution in [0.15, 0.2) is 18.3 Å². The molecule has 0 saturated heterocycles. The minimum Gasteiger partial charge on any atom is -0.258 e. The summed E-state index contributed by atoms with van der Waals surface area (Å²) in [6.45, 7) is 6.05. The van der Waals surface area contributed by atoms with E-state index in [2.05, 4.69) is 25.8 Å². The largest absolute Gasteiger partial charge is 0.258 e. The van der Waals surface area contributed by atoms with Crippen molar-refractivity contribution in [3.05, 3.63) is 29.6 Å². The maximum absolute atomic E-state index is 12.1. The van der Waals surface area contributed by atoms with Crippen molar-refractivity contribution < 1.29 is 4.39 Å². The Labute approximate surface area is 79.0 Å². The zero-order valence-corrected chi connectivity index (χ0v) is 8.47. The summed E-state index contributed by atoms with van der Waals surface area (Å²) in [5.74, 6) is 0. The number of aromatic nitrogens is 1. The number of rotatable bonds is 2. The van der Waals surface area contributed by atoms with Crippen LogP contribution in [0, 0.1) is 5.41 Å². The van der Waals surface area contributed by atoms with Crippen molar-refractivity contribution in [2.75, 3.05) is 0 Å². The average Bonchev–Trinajstić information content (AvgIpc) is 2.03. The zero-order valence-electron chi connectivity index (χ0n) is 8.47. The van der Waals surface area contributed by atoms with Gasteiger partial charge in [-0.1, -0.05) is 26.8 Å². The van der Waals surface area contributed by atoms with Crippen LogP contribution in [-0.4, -0.2) is 4.98 Å². The van der Waals surface area contributed by atoms with Gasteiger partial charge >= 0.3 is 0 Å². The molecular weight excluding hydrogens is 165 g/mol. The van der Waals surface area contributed by atoms with Gasteiger partial charge in [0.25, 0.3) is 0 Å². The molecule has 1 heterocycles. The van der Waals surface area contributed by atoms with Crippen molar-refractivity contribution in [2.24, 2.45) is 5.41 Å². The Bertz CT molecular complexity index is 258. The fourth-order valence-corrected chi connectivity index (χ4v) is 1.25. The fourth-order valence-electron chi connectivity index (χ4n) is 1.25. The Morgan fingerprint density at radius 3 is 2.38 bits per heavy atom. The molecule has 0 amide bonds. The van der Waals surface area contributed by atoms with Gasteiger partial charge in [-0.25, -0.2) is 4.39 Å². The van der Waals surface area contributed by atoms with Crippen LogP contribution in [0.25, 0.3) is 0 Å². The van der Waals surface area contributed by atoms with Crippen molar-refractivity contribution in [1.29, 1.82) is 0 Å². The van der Waals surface area contributed by atoms with E-state index < -0.39 is 6.67 Å². The van der Waals surface area contributed by atoms with Gasteiger partial charge in [-0.05, 0) is 23.5 Å². The predicted molar refractivity (Wildman–Crippen MR) is 52.2 cm³/mol. The first-order chi connectivity index (χ1) is 6.01. The lowest BCUT2D eigenvalue weighted by molar-refractivity contribution is 0.410. The summed E-state index contributed by atoms with van der Waals surface area (Å²) in [7, 11) is 0. The minimum absolute atomic E-state index is 0.263. The van der Waals surface area contributed by atoms with Gasteiger partial charge in [-0.3, -0.25) is 4.98 Å². The standard InChI is InChI=1S/C11H16FN/c1-11(2,3)6-9-4-5-10(7-12)13-8-9/h4-5,8H,6-7H2,1-3H3. The first-order valence-electron chi connectivity index (χ1n) is 4.51. The van der Waals surface area contributed by atoms with Gasteiger partial charge in [0.1, 0.15) is 6.67 Å². The van der Waals surface area contributed by atoms with Crippen LogP contribution >= 0.6 is 0 Å². The van der Waals surface area contributed by atoms with Crippen LogP contribution in [-0.2, 0) is 13.1 Å². The van der Waals surface area contributed by atoms with E-state index in [0.29, 0.717) is 5.69 Å². The highest BCUT2D eigenvalue weighted by molar-refractivity contribution is 5.14. The molecule has 0 fully saturated rings. The highest BCUT2D eigenvalue weighted by atomic mass is 19.1. The Kier molecular flexibility index (Phi) is 3.02. The molecule has 0 atom stereocenters. The summed E-state index contributed by atoms with van der Waals surface area (Å²) in [5.41, 5.74) is 1.95. The van der Waals surface area contributed by atoms with E-state index in [-0.39, 0.29) is 5.41 Å². The van der Waals surface area contributed by atoms with Crippen LogP contribution in [0.1, 0.15) is 32.0 Å². The zero-order chi connectivity index (χ0) is 9.90. The molecule has 0 aliphatic rings. The van der Waals surface area contributed by atoms with E-state index in [1.54, 1.807) is 12.3 Å². The lowest BCUT2D eigenvalue weighted by atomic mass is 9.89. The molecule has 1 aromatic rings. The van der Waals surface area contributed by atoms with Gasteiger partial charge in [-0.15, -0.1) is 0 Å². The molecule has 1 rings (SSSR count). The first-order valence-corrected chi connectivity index (χ1v) is 4.51. The SMILES string of the molecule is CC(C)(C)Cc1ccc(CF)nc1. The third kappa shape index (κ3) is 3.53. The Hall–Kier alpha value is -0.920. The van der Waals surface area contributed by atoms with Crippen molar-refractivity contribution in [2.45, 2.75) is 33.9 Å². The Morgan fingerprint density at radius 2 is 2.00 bits per heavy atom. The van der Waals surface area contributed by atoms with Crippen LogP contribution in [0.4, 0.5) is 4.39 Å². The van der Waals surface area contributed by atoms with Gasteiger partial charge in [0.2, 0.25) is 0 Å². The number of nitrogens with zero attached hydrogens (tertiary/aromatic N) is 1. The summed E-state index contributed by atoms with van der Waals surface area (Å²) >= 11 is 0. The third-order valence-electron chi connectivity index (χ3n) is 1.76. The fraction of sp³-hybridized carbons (Fsp3) is 0.545. The molecule has 0 aliphatic carbocycles. The molecule has 1 nitrogen and oxygen atoms in total. The number of alkyl halides is 1. The molecule has 1 aromatic heterocycles. The second-order valence-corrected chi connectivity index (χ2v) is 4.53. The van der Waals surface area contributed by atoms with Crippen LogP contribution < -0.4 is 0 Å². The molecule has 0 saturated carbocycles. The number of hydrogen-bond donors (Lipinski definition) is 0. The van der Waals surface area contributed by atoms with E-state index >= 15 is 0 Å². The molecule has 0 aliphatic heterocycles. The Balaban J connectivity index is 2.70. The topological polar surface area (TPSA) is 12.9 Å². The van der Waals surface area contributed by atoms with Gasteiger partial charge in [-0.2, -0.15) is 0 Å². The predicted octanol–water partition coefficient (Wildman–Crippen LogP) is 3.14.